The van der Waals surface area contributed by atoms with Crippen molar-refractivity contribution in [1.82, 2.24) is 9.97 Å². The molecule has 0 atom stereocenters. The fraction of sp³-hybridized carbons (Fsp3) is 0. The van der Waals surface area contributed by atoms with Gasteiger partial charge in [-0.2, -0.15) is 5.26 Å². The van der Waals surface area contributed by atoms with Crippen molar-refractivity contribution in [1.29, 1.82) is 5.26 Å². The van der Waals surface area contributed by atoms with E-state index in [9.17, 15) is 0 Å². The Bertz CT molecular complexity index is 487. The first-order valence-electron chi connectivity index (χ1n) is 4.41. The molecule has 0 aliphatic carbocycles. The van der Waals surface area contributed by atoms with Crippen LogP contribution in [0, 0.1) is 11.3 Å². The molecule has 0 unspecified atom stereocenters. The number of anilines is 2. The monoisotopic (exact) mass is 196 g/mol. The maximum absolute atomic E-state index is 8.73. The molecule has 0 saturated carbocycles. The maximum Gasteiger partial charge on any atom is 0.115 e. The van der Waals surface area contributed by atoms with Crippen LogP contribution in [0.1, 0.15) is 5.56 Å². The molecular weight excluding hydrogens is 188 g/mol. The van der Waals surface area contributed by atoms with Crippen LogP contribution in [0.4, 0.5) is 11.4 Å². The Balaban J connectivity index is 2.22. The third-order valence-electron chi connectivity index (χ3n) is 1.84. The van der Waals surface area contributed by atoms with Gasteiger partial charge in [-0.1, -0.05) is 6.07 Å². The molecule has 0 saturated heterocycles. The smallest absolute Gasteiger partial charge is 0.115 e. The Morgan fingerprint density at radius 2 is 1.93 bits per heavy atom. The molecule has 1 N–H and O–H groups in total. The van der Waals surface area contributed by atoms with E-state index in [1.54, 1.807) is 24.5 Å². The second-order valence-electron chi connectivity index (χ2n) is 2.94. The highest BCUT2D eigenvalue weighted by molar-refractivity contribution is 5.59. The van der Waals surface area contributed by atoms with Gasteiger partial charge in [0, 0.05) is 5.69 Å². The summed E-state index contributed by atoms with van der Waals surface area (Å²) in [7, 11) is 0. The highest BCUT2D eigenvalue weighted by Gasteiger charge is 1.95. The van der Waals surface area contributed by atoms with Crippen LogP contribution in [0.3, 0.4) is 0 Å². The van der Waals surface area contributed by atoms with E-state index in [2.05, 4.69) is 21.4 Å². The van der Waals surface area contributed by atoms with Gasteiger partial charge in [0.05, 0.1) is 29.7 Å². The van der Waals surface area contributed by atoms with Gasteiger partial charge in [-0.05, 0) is 18.2 Å². The number of hydrogen-bond donors (Lipinski definition) is 1. The first-order chi connectivity index (χ1) is 7.38. The summed E-state index contributed by atoms with van der Waals surface area (Å²) >= 11 is 0. The molecule has 0 aliphatic heterocycles. The Hall–Kier alpha value is -2.41. The Labute approximate surface area is 87.2 Å². The van der Waals surface area contributed by atoms with Crippen molar-refractivity contribution < 1.29 is 0 Å². The molecular formula is C11H8N4. The molecule has 0 spiro atoms. The van der Waals surface area contributed by atoms with E-state index >= 15 is 0 Å². The van der Waals surface area contributed by atoms with E-state index < -0.39 is 0 Å². The second kappa shape index (κ2) is 4.20. The summed E-state index contributed by atoms with van der Waals surface area (Å²) in [4.78, 5) is 7.77. The van der Waals surface area contributed by atoms with E-state index in [0.717, 1.165) is 11.4 Å². The largest absolute Gasteiger partial charge is 0.353 e. The minimum absolute atomic E-state index is 0.622. The van der Waals surface area contributed by atoms with E-state index in [1.807, 2.05) is 12.1 Å². The first kappa shape index (κ1) is 9.16. The molecule has 0 bridgehead atoms. The number of hydrogen-bond acceptors (Lipinski definition) is 4. The number of nitriles is 1. The topological polar surface area (TPSA) is 61.6 Å². The van der Waals surface area contributed by atoms with Crippen molar-refractivity contribution in [3.8, 4) is 6.07 Å². The van der Waals surface area contributed by atoms with E-state index in [-0.39, 0.29) is 0 Å². The molecule has 1 aromatic heterocycles. The summed E-state index contributed by atoms with van der Waals surface area (Å²) in [6.07, 6.45) is 4.81. The maximum atomic E-state index is 8.73. The van der Waals surface area contributed by atoms with Crippen LogP contribution in [0.2, 0.25) is 0 Å². The third kappa shape index (κ3) is 2.29. The van der Waals surface area contributed by atoms with Gasteiger partial charge >= 0.3 is 0 Å². The van der Waals surface area contributed by atoms with Gasteiger partial charge in [0.1, 0.15) is 6.33 Å². The van der Waals surface area contributed by atoms with Gasteiger partial charge in [0.25, 0.3) is 0 Å². The Kier molecular flexibility index (Phi) is 2.56. The van der Waals surface area contributed by atoms with Crippen molar-refractivity contribution in [2.24, 2.45) is 0 Å². The zero-order valence-electron chi connectivity index (χ0n) is 7.88. The van der Waals surface area contributed by atoms with Crippen LogP contribution in [0.25, 0.3) is 0 Å². The Morgan fingerprint density at radius 3 is 2.67 bits per heavy atom. The van der Waals surface area contributed by atoms with E-state index in [4.69, 9.17) is 5.26 Å². The molecule has 0 aliphatic rings. The third-order valence-corrected chi connectivity index (χ3v) is 1.84. The summed E-state index contributed by atoms with van der Waals surface area (Å²) in [6.45, 7) is 0. The lowest BCUT2D eigenvalue weighted by Crippen LogP contribution is -1.91. The SMILES string of the molecule is N#Cc1cccc(Nc2cncnc2)c1. The van der Waals surface area contributed by atoms with Crippen LogP contribution in [0.15, 0.2) is 43.0 Å². The molecule has 1 aromatic carbocycles. The molecule has 15 heavy (non-hydrogen) atoms. The van der Waals surface area contributed by atoms with Crippen molar-refractivity contribution in [3.63, 3.8) is 0 Å². The fourth-order valence-corrected chi connectivity index (χ4v) is 1.20. The molecule has 2 rings (SSSR count). The predicted octanol–water partition coefficient (Wildman–Crippen LogP) is 2.09. The van der Waals surface area contributed by atoms with Crippen LogP contribution in [0.5, 0.6) is 0 Å². The summed E-state index contributed by atoms with van der Waals surface area (Å²) in [5.41, 5.74) is 2.27. The molecule has 72 valence electrons. The molecule has 0 amide bonds. The van der Waals surface area contributed by atoms with Crippen LogP contribution >= 0.6 is 0 Å². The highest BCUT2D eigenvalue weighted by atomic mass is 14.9. The summed E-state index contributed by atoms with van der Waals surface area (Å²) in [5.74, 6) is 0. The number of aromatic nitrogens is 2. The van der Waals surface area contributed by atoms with Gasteiger partial charge < -0.3 is 5.32 Å². The van der Waals surface area contributed by atoms with Crippen LogP contribution < -0.4 is 5.32 Å². The summed E-state index contributed by atoms with van der Waals surface area (Å²) < 4.78 is 0. The predicted molar refractivity (Wildman–Crippen MR) is 56.5 cm³/mol. The molecule has 2 aromatic rings. The van der Waals surface area contributed by atoms with Gasteiger partial charge in [0.2, 0.25) is 0 Å². The van der Waals surface area contributed by atoms with Crippen molar-refractivity contribution in [2.45, 2.75) is 0 Å². The summed E-state index contributed by atoms with van der Waals surface area (Å²) in [6, 6.07) is 9.32. The lowest BCUT2D eigenvalue weighted by atomic mass is 10.2. The minimum Gasteiger partial charge on any atom is -0.353 e. The van der Waals surface area contributed by atoms with Crippen molar-refractivity contribution in [3.05, 3.63) is 48.5 Å². The highest BCUT2D eigenvalue weighted by Crippen LogP contribution is 2.15. The van der Waals surface area contributed by atoms with Crippen molar-refractivity contribution in [2.75, 3.05) is 5.32 Å². The number of nitrogens with one attached hydrogen (secondary N) is 1. The molecule has 4 nitrogen and oxygen atoms in total. The quantitative estimate of drug-likeness (QED) is 0.798. The second-order valence-corrected chi connectivity index (χ2v) is 2.94. The molecule has 4 heteroatoms. The summed E-state index contributed by atoms with van der Waals surface area (Å²) in [5, 5.41) is 11.8. The number of benzene rings is 1. The van der Waals surface area contributed by atoms with Gasteiger partial charge in [-0.3, -0.25) is 0 Å². The fourth-order valence-electron chi connectivity index (χ4n) is 1.20. The van der Waals surface area contributed by atoms with E-state index in [0.29, 0.717) is 5.56 Å². The zero-order chi connectivity index (χ0) is 10.5. The molecule has 1 heterocycles. The Morgan fingerprint density at radius 1 is 1.13 bits per heavy atom. The average molecular weight is 196 g/mol. The lowest BCUT2D eigenvalue weighted by molar-refractivity contribution is 1.17. The van der Waals surface area contributed by atoms with Crippen LogP contribution in [-0.2, 0) is 0 Å². The number of rotatable bonds is 2. The van der Waals surface area contributed by atoms with Crippen molar-refractivity contribution >= 4 is 11.4 Å². The first-order valence-corrected chi connectivity index (χ1v) is 4.41. The van der Waals surface area contributed by atoms with Crippen LogP contribution in [-0.4, -0.2) is 9.97 Å². The zero-order valence-corrected chi connectivity index (χ0v) is 7.88. The average Bonchev–Trinajstić information content (AvgIpc) is 2.31. The van der Waals surface area contributed by atoms with E-state index in [1.165, 1.54) is 6.33 Å². The van der Waals surface area contributed by atoms with Gasteiger partial charge in [0.15, 0.2) is 0 Å². The molecule has 0 radical (unpaired) electrons. The standard InChI is InChI=1S/C11H8N4/c12-5-9-2-1-3-10(4-9)15-11-6-13-8-14-7-11/h1-4,6-8,15H. The molecule has 0 fully saturated rings. The lowest BCUT2D eigenvalue weighted by Gasteiger charge is -2.04. The minimum atomic E-state index is 0.622. The number of nitrogens with zero attached hydrogens (tertiary/aromatic N) is 3. The normalized spacial score (nSPS) is 9.27. The van der Waals surface area contributed by atoms with Gasteiger partial charge in [-0.25, -0.2) is 9.97 Å². The van der Waals surface area contributed by atoms with Gasteiger partial charge in [-0.15, -0.1) is 0 Å².